The zero-order valence-electron chi connectivity index (χ0n) is 14.2. The lowest BCUT2D eigenvalue weighted by Gasteiger charge is -2.15. The highest BCUT2D eigenvalue weighted by Crippen LogP contribution is 2.32. The quantitative estimate of drug-likeness (QED) is 0.758. The van der Waals surface area contributed by atoms with Gasteiger partial charge in [0.05, 0.1) is 7.11 Å². The van der Waals surface area contributed by atoms with Crippen LogP contribution in [-0.4, -0.2) is 22.5 Å². The number of aromatic nitrogens is 2. The van der Waals surface area contributed by atoms with Crippen molar-refractivity contribution in [2.75, 3.05) is 12.4 Å². The molecule has 0 aliphatic heterocycles. The molecule has 4 heteroatoms. The van der Waals surface area contributed by atoms with Gasteiger partial charge in [0.25, 0.3) is 0 Å². The van der Waals surface area contributed by atoms with Gasteiger partial charge in [-0.25, -0.2) is 4.98 Å². The molecule has 0 bridgehead atoms. The van der Waals surface area contributed by atoms with Crippen molar-refractivity contribution in [3.05, 3.63) is 48.2 Å². The molecule has 0 atom stereocenters. The molecule has 124 valence electrons. The van der Waals surface area contributed by atoms with Crippen LogP contribution in [-0.2, 0) is 0 Å². The SMILES string of the molecule is COc1ccc(-c2nc3cc(C)ccn3c2NC2CCCC2)cc1. The Morgan fingerprint density at radius 3 is 2.58 bits per heavy atom. The fourth-order valence-corrected chi connectivity index (χ4v) is 3.50. The van der Waals surface area contributed by atoms with Gasteiger partial charge in [-0.2, -0.15) is 0 Å². The number of nitrogens with zero attached hydrogens (tertiary/aromatic N) is 2. The predicted octanol–water partition coefficient (Wildman–Crippen LogP) is 4.67. The second-order valence-electron chi connectivity index (χ2n) is 6.60. The molecule has 2 heterocycles. The minimum absolute atomic E-state index is 0.545. The van der Waals surface area contributed by atoms with Crippen molar-refractivity contribution in [1.29, 1.82) is 0 Å². The number of ether oxygens (including phenoxy) is 1. The molecule has 3 aromatic rings. The van der Waals surface area contributed by atoms with Crippen molar-refractivity contribution in [3.63, 3.8) is 0 Å². The molecule has 2 aromatic heterocycles. The average molecular weight is 321 g/mol. The van der Waals surface area contributed by atoms with Gasteiger partial charge in [-0.05, 0) is 61.7 Å². The third kappa shape index (κ3) is 2.73. The smallest absolute Gasteiger partial charge is 0.139 e. The Balaban J connectivity index is 1.82. The van der Waals surface area contributed by atoms with E-state index in [0.29, 0.717) is 6.04 Å². The highest BCUT2D eigenvalue weighted by atomic mass is 16.5. The first-order chi connectivity index (χ1) is 11.7. The number of hydrogen-bond donors (Lipinski definition) is 1. The Bertz CT molecular complexity index is 845. The zero-order valence-corrected chi connectivity index (χ0v) is 14.2. The van der Waals surface area contributed by atoms with Gasteiger partial charge < -0.3 is 10.1 Å². The van der Waals surface area contributed by atoms with Crippen LogP contribution in [0.2, 0.25) is 0 Å². The second-order valence-corrected chi connectivity index (χ2v) is 6.60. The van der Waals surface area contributed by atoms with E-state index in [0.717, 1.165) is 28.5 Å². The molecule has 1 saturated carbocycles. The minimum Gasteiger partial charge on any atom is -0.497 e. The predicted molar refractivity (Wildman–Crippen MR) is 97.8 cm³/mol. The number of pyridine rings is 1. The van der Waals surface area contributed by atoms with Crippen LogP contribution in [0.5, 0.6) is 5.75 Å². The van der Waals surface area contributed by atoms with E-state index in [9.17, 15) is 0 Å². The molecule has 24 heavy (non-hydrogen) atoms. The average Bonchev–Trinajstić information content (AvgIpc) is 3.23. The molecule has 1 aliphatic carbocycles. The van der Waals surface area contributed by atoms with Crippen LogP contribution in [0.25, 0.3) is 16.9 Å². The van der Waals surface area contributed by atoms with Crippen LogP contribution < -0.4 is 10.1 Å². The summed E-state index contributed by atoms with van der Waals surface area (Å²) in [5.41, 5.74) is 4.33. The van der Waals surface area contributed by atoms with E-state index in [4.69, 9.17) is 9.72 Å². The molecule has 1 N–H and O–H groups in total. The Labute approximate surface area is 142 Å². The maximum atomic E-state index is 5.28. The normalized spacial score (nSPS) is 15.1. The van der Waals surface area contributed by atoms with Crippen LogP contribution in [0.3, 0.4) is 0 Å². The number of fused-ring (bicyclic) bond motifs is 1. The summed E-state index contributed by atoms with van der Waals surface area (Å²) < 4.78 is 7.45. The van der Waals surface area contributed by atoms with E-state index < -0.39 is 0 Å². The van der Waals surface area contributed by atoms with E-state index in [-0.39, 0.29) is 0 Å². The van der Waals surface area contributed by atoms with Crippen LogP contribution >= 0.6 is 0 Å². The summed E-state index contributed by atoms with van der Waals surface area (Å²) in [5, 5.41) is 3.75. The number of hydrogen-bond acceptors (Lipinski definition) is 3. The first-order valence-corrected chi connectivity index (χ1v) is 8.64. The molecule has 1 fully saturated rings. The van der Waals surface area contributed by atoms with Crippen molar-refractivity contribution >= 4 is 11.5 Å². The maximum Gasteiger partial charge on any atom is 0.139 e. The number of nitrogens with one attached hydrogen (secondary N) is 1. The summed E-state index contributed by atoms with van der Waals surface area (Å²) in [4.78, 5) is 4.90. The van der Waals surface area contributed by atoms with Gasteiger partial charge in [-0.1, -0.05) is 12.8 Å². The van der Waals surface area contributed by atoms with Gasteiger partial charge in [0, 0.05) is 17.8 Å². The van der Waals surface area contributed by atoms with Crippen LogP contribution in [0.15, 0.2) is 42.6 Å². The minimum atomic E-state index is 0.545. The summed E-state index contributed by atoms with van der Waals surface area (Å²) in [6.45, 7) is 2.10. The summed E-state index contributed by atoms with van der Waals surface area (Å²) in [6, 6.07) is 12.9. The molecule has 4 nitrogen and oxygen atoms in total. The highest BCUT2D eigenvalue weighted by molar-refractivity contribution is 5.77. The molecule has 0 amide bonds. The summed E-state index contributed by atoms with van der Waals surface area (Å²) >= 11 is 0. The standard InChI is InChI=1S/C20H23N3O/c1-14-11-12-23-18(13-14)22-19(15-7-9-17(24-2)10-8-15)20(23)21-16-5-3-4-6-16/h7-13,16,21H,3-6H2,1-2H3. The Kier molecular flexibility index (Phi) is 3.89. The first kappa shape index (κ1) is 15.1. The molecule has 0 unspecified atom stereocenters. The number of imidazole rings is 1. The summed E-state index contributed by atoms with van der Waals surface area (Å²) in [6.07, 6.45) is 7.21. The van der Waals surface area contributed by atoms with Gasteiger partial charge in [-0.3, -0.25) is 4.40 Å². The number of rotatable bonds is 4. The molecular formula is C20H23N3O. The Morgan fingerprint density at radius 2 is 1.88 bits per heavy atom. The summed E-state index contributed by atoms with van der Waals surface area (Å²) in [5.74, 6) is 1.96. The number of methoxy groups -OCH3 is 1. The zero-order chi connectivity index (χ0) is 16.5. The van der Waals surface area contributed by atoms with Crippen molar-refractivity contribution in [3.8, 4) is 17.0 Å². The molecule has 0 saturated heterocycles. The van der Waals surface area contributed by atoms with Crippen molar-refractivity contribution in [1.82, 2.24) is 9.38 Å². The number of aryl methyl sites for hydroxylation is 1. The number of anilines is 1. The lowest BCUT2D eigenvalue weighted by Crippen LogP contribution is -2.16. The third-order valence-electron chi connectivity index (χ3n) is 4.84. The Hall–Kier alpha value is -2.49. The topological polar surface area (TPSA) is 38.6 Å². The van der Waals surface area contributed by atoms with E-state index in [1.165, 1.54) is 31.2 Å². The molecule has 0 radical (unpaired) electrons. The van der Waals surface area contributed by atoms with Crippen LogP contribution in [0, 0.1) is 6.92 Å². The van der Waals surface area contributed by atoms with Crippen LogP contribution in [0.4, 0.5) is 5.82 Å². The van der Waals surface area contributed by atoms with E-state index >= 15 is 0 Å². The highest BCUT2D eigenvalue weighted by Gasteiger charge is 2.20. The van der Waals surface area contributed by atoms with Crippen molar-refractivity contribution < 1.29 is 4.74 Å². The van der Waals surface area contributed by atoms with Gasteiger partial charge >= 0.3 is 0 Å². The fourth-order valence-electron chi connectivity index (χ4n) is 3.50. The van der Waals surface area contributed by atoms with Crippen molar-refractivity contribution in [2.24, 2.45) is 0 Å². The lowest BCUT2D eigenvalue weighted by atomic mass is 10.1. The van der Waals surface area contributed by atoms with Gasteiger partial charge in [0.15, 0.2) is 0 Å². The monoisotopic (exact) mass is 321 g/mol. The fraction of sp³-hybridized carbons (Fsp3) is 0.350. The molecule has 4 rings (SSSR count). The molecule has 1 aliphatic rings. The van der Waals surface area contributed by atoms with Gasteiger partial charge in [0.2, 0.25) is 0 Å². The molecular weight excluding hydrogens is 298 g/mol. The third-order valence-corrected chi connectivity index (χ3v) is 4.84. The van der Waals surface area contributed by atoms with Crippen LogP contribution in [0.1, 0.15) is 31.2 Å². The van der Waals surface area contributed by atoms with E-state index in [2.05, 4.69) is 47.1 Å². The number of benzene rings is 1. The Morgan fingerprint density at radius 1 is 1.12 bits per heavy atom. The lowest BCUT2D eigenvalue weighted by molar-refractivity contribution is 0.415. The second kappa shape index (κ2) is 6.19. The molecule has 0 spiro atoms. The van der Waals surface area contributed by atoms with Crippen molar-refractivity contribution in [2.45, 2.75) is 38.6 Å². The summed E-state index contributed by atoms with van der Waals surface area (Å²) in [7, 11) is 1.69. The largest absolute Gasteiger partial charge is 0.497 e. The van der Waals surface area contributed by atoms with Gasteiger partial charge in [0.1, 0.15) is 22.9 Å². The molecule has 1 aromatic carbocycles. The van der Waals surface area contributed by atoms with E-state index in [1.807, 2.05) is 12.1 Å². The first-order valence-electron chi connectivity index (χ1n) is 8.64. The van der Waals surface area contributed by atoms with Gasteiger partial charge in [-0.15, -0.1) is 0 Å². The maximum absolute atomic E-state index is 5.28. The van der Waals surface area contributed by atoms with E-state index in [1.54, 1.807) is 7.11 Å².